The van der Waals surface area contributed by atoms with Crippen LogP contribution in [-0.2, 0) is 4.79 Å². The molecule has 7 nitrogen and oxygen atoms in total. The average Bonchev–Trinajstić information content (AvgIpc) is 3.16. The van der Waals surface area contributed by atoms with Crippen LogP contribution >= 0.6 is 0 Å². The molecule has 2 heterocycles. The molecule has 0 bridgehead atoms. The number of carbonyl (C=O) groups is 2. The molecule has 1 aromatic heterocycles. The molecule has 0 aliphatic carbocycles. The Labute approximate surface area is 151 Å². The Bertz CT molecular complexity index is 774. The average molecular weight is 359 g/mol. The SMILES string of the molecule is NCCNC(=O)C1CCCN(C(=O)c2ccn(-c3ccc(F)cc3)n2)C1. The van der Waals surface area contributed by atoms with E-state index in [1.54, 1.807) is 29.3 Å². The molecule has 138 valence electrons. The molecule has 1 unspecified atom stereocenters. The van der Waals surface area contributed by atoms with Crippen LogP contribution in [0.25, 0.3) is 5.69 Å². The van der Waals surface area contributed by atoms with Crippen molar-refractivity contribution in [2.75, 3.05) is 26.2 Å². The standard InChI is InChI=1S/C18H22FN5O2/c19-14-3-5-15(6-4-14)24-11-7-16(22-24)18(26)23-10-1-2-13(12-23)17(25)21-9-8-20/h3-7,11,13H,1-2,8-10,12,20H2,(H,21,25). The number of likely N-dealkylation sites (tertiary alicyclic amines) is 1. The second kappa shape index (κ2) is 8.09. The van der Waals surface area contributed by atoms with Gasteiger partial charge >= 0.3 is 0 Å². The lowest BCUT2D eigenvalue weighted by Crippen LogP contribution is -2.46. The molecule has 1 atom stereocenters. The third kappa shape index (κ3) is 4.08. The van der Waals surface area contributed by atoms with E-state index in [-0.39, 0.29) is 23.5 Å². The van der Waals surface area contributed by atoms with E-state index < -0.39 is 0 Å². The number of nitrogens with one attached hydrogen (secondary N) is 1. The van der Waals surface area contributed by atoms with Gasteiger partial charge in [-0.2, -0.15) is 5.10 Å². The Morgan fingerprint density at radius 1 is 1.27 bits per heavy atom. The number of hydrogen-bond donors (Lipinski definition) is 2. The van der Waals surface area contributed by atoms with E-state index in [2.05, 4.69) is 10.4 Å². The van der Waals surface area contributed by atoms with Crippen molar-refractivity contribution >= 4 is 11.8 Å². The highest BCUT2D eigenvalue weighted by Gasteiger charge is 2.29. The lowest BCUT2D eigenvalue weighted by molar-refractivity contribution is -0.126. The van der Waals surface area contributed by atoms with Crippen LogP contribution in [-0.4, -0.2) is 52.7 Å². The summed E-state index contributed by atoms with van der Waals surface area (Å²) in [6.45, 7) is 1.80. The molecule has 0 radical (unpaired) electrons. The Kier molecular flexibility index (Phi) is 5.62. The quantitative estimate of drug-likeness (QED) is 0.831. The molecule has 0 spiro atoms. The molecule has 1 saturated heterocycles. The minimum Gasteiger partial charge on any atom is -0.355 e. The van der Waals surface area contributed by atoms with Crippen molar-refractivity contribution in [1.82, 2.24) is 20.0 Å². The predicted octanol–water partition coefficient (Wildman–Crippen LogP) is 0.938. The van der Waals surface area contributed by atoms with Crippen LogP contribution in [0.2, 0.25) is 0 Å². The summed E-state index contributed by atoms with van der Waals surface area (Å²) in [6.07, 6.45) is 3.19. The van der Waals surface area contributed by atoms with Crippen molar-refractivity contribution < 1.29 is 14.0 Å². The van der Waals surface area contributed by atoms with Crippen LogP contribution in [0.1, 0.15) is 23.3 Å². The molecule has 2 amide bonds. The molecule has 1 aliphatic heterocycles. The van der Waals surface area contributed by atoms with Crippen LogP contribution < -0.4 is 11.1 Å². The second-order valence-corrected chi connectivity index (χ2v) is 6.29. The number of carbonyl (C=O) groups excluding carboxylic acids is 2. The molecule has 1 aliphatic rings. The van der Waals surface area contributed by atoms with E-state index >= 15 is 0 Å². The van der Waals surface area contributed by atoms with Gasteiger partial charge in [-0.05, 0) is 43.2 Å². The van der Waals surface area contributed by atoms with Crippen LogP contribution in [0.4, 0.5) is 4.39 Å². The minimum atomic E-state index is -0.329. The van der Waals surface area contributed by atoms with Gasteiger partial charge in [-0.25, -0.2) is 9.07 Å². The zero-order valence-corrected chi connectivity index (χ0v) is 14.4. The number of aromatic nitrogens is 2. The fraction of sp³-hybridized carbons (Fsp3) is 0.389. The van der Waals surface area contributed by atoms with Crippen molar-refractivity contribution in [3.05, 3.63) is 48.0 Å². The maximum atomic E-state index is 13.0. The Hall–Kier alpha value is -2.74. The Balaban J connectivity index is 1.67. The molecular weight excluding hydrogens is 337 g/mol. The van der Waals surface area contributed by atoms with Crippen molar-refractivity contribution in [2.45, 2.75) is 12.8 Å². The number of nitrogens with zero attached hydrogens (tertiary/aromatic N) is 3. The van der Waals surface area contributed by atoms with Crippen molar-refractivity contribution in [1.29, 1.82) is 0 Å². The predicted molar refractivity (Wildman–Crippen MR) is 94.2 cm³/mol. The third-order valence-electron chi connectivity index (χ3n) is 4.42. The van der Waals surface area contributed by atoms with Gasteiger partial charge in [0.05, 0.1) is 11.6 Å². The molecule has 3 rings (SSSR count). The van der Waals surface area contributed by atoms with Gasteiger partial charge < -0.3 is 16.0 Å². The van der Waals surface area contributed by atoms with Crippen LogP contribution in [0, 0.1) is 11.7 Å². The molecular formula is C18H22FN5O2. The number of benzene rings is 1. The maximum absolute atomic E-state index is 13.0. The van der Waals surface area contributed by atoms with E-state index in [1.807, 2.05) is 0 Å². The zero-order valence-electron chi connectivity index (χ0n) is 14.4. The first kappa shape index (κ1) is 18.1. The normalized spacial score (nSPS) is 17.2. The van der Waals surface area contributed by atoms with Gasteiger partial charge in [0, 0.05) is 32.4 Å². The number of amides is 2. The summed E-state index contributed by atoms with van der Waals surface area (Å²) in [4.78, 5) is 26.5. The summed E-state index contributed by atoms with van der Waals surface area (Å²) in [5.74, 6) is -0.824. The maximum Gasteiger partial charge on any atom is 0.274 e. The summed E-state index contributed by atoms with van der Waals surface area (Å²) >= 11 is 0. The van der Waals surface area contributed by atoms with Gasteiger partial charge in [0.25, 0.3) is 5.91 Å². The lowest BCUT2D eigenvalue weighted by Gasteiger charge is -2.31. The highest BCUT2D eigenvalue weighted by atomic mass is 19.1. The first-order chi connectivity index (χ1) is 12.6. The lowest BCUT2D eigenvalue weighted by atomic mass is 9.97. The van der Waals surface area contributed by atoms with Crippen molar-refractivity contribution in [2.24, 2.45) is 11.7 Å². The van der Waals surface area contributed by atoms with E-state index in [0.29, 0.717) is 37.6 Å². The van der Waals surface area contributed by atoms with Gasteiger partial charge in [-0.15, -0.1) is 0 Å². The molecule has 3 N–H and O–H groups in total. The van der Waals surface area contributed by atoms with Gasteiger partial charge in [0.15, 0.2) is 5.69 Å². The van der Waals surface area contributed by atoms with E-state index in [9.17, 15) is 14.0 Å². The summed E-state index contributed by atoms with van der Waals surface area (Å²) in [6, 6.07) is 7.50. The van der Waals surface area contributed by atoms with Gasteiger partial charge in [0.1, 0.15) is 5.82 Å². The molecule has 1 aromatic carbocycles. The highest BCUT2D eigenvalue weighted by molar-refractivity contribution is 5.93. The first-order valence-corrected chi connectivity index (χ1v) is 8.67. The van der Waals surface area contributed by atoms with Crippen LogP contribution in [0.15, 0.2) is 36.5 Å². The fourth-order valence-corrected chi connectivity index (χ4v) is 3.05. The van der Waals surface area contributed by atoms with Crippen molar-refractivity contribution in [3.63, 3.8) is 0 Å². The number of rotatable bonds is 5. The largest absolute Gasteiger partial charge is 0.355 e. The van der Waals surface area contributed by atoms with E-state index in [1.165, 1.54) is 16.8 Å². The topological polar surface area (TPSA) is 93.3 Å². The van der Waals surface area contributed by atoms with Gasteiger partial charge in [0.2, 0.25) is 5.91 Å². The summed E-state index contributed by atoms with van der Waals surface area (Å²) < 4.78 is 14.6. The summed E-state index contributed by atoms with van der Waals surface area (Å²) in [7, 11) is 0. The monoisotopic (exact) mass is 359 g/mol. The minimum absolute atomic E-state index is 0.0650. The smallest absolute Gasteiger partial charge is 0.274 e. The van der Waals surface area contributed by atoms with Crippen LogP contribution in [0.5, 0.6) is 0 Å². The number of nitrogens with two attached hydrogens (primary N) is 1. The van der Waals surface area contributed by atoms with Gasteiger partial charge in [-0.1, -0.05) is 0 Å². The van der Waals surface area contributed by atoms with E-state index in [0.717, 1.165) is 12.8 Å². The molecule has 1 fully saturated rings. The molecule has 2 aromatic rings. The fourth-order valence-electron chi connectivity index (χ4n) is 3.05. The van der Waals surface area contributed by atoms with Crippen molar-refractivity contribution in [3.8, 4) is 5.69 Å². The Morgan fingerprint density at radius 2 is 2.04 bits per heavy atom. The highest BCUT2D eigenvalue weighted by Crippen LogP contribution is 2.19. The summed E-state index contributed by atoms with van der Waals surface area (Å²) in [5, 5.41) is 7.07. The first-order valence-electron chi connectivity index (χ1n) is 8.67. The van der Waals surface area contributed by atoms with E-state index in [4.69, 9.17) is 5.73 Å². The number of halogens is 1. The number of piperidine rings is 1. The molecule has 0 saturated carbocycles. The molecule has 8 heteroatoms. The van der Waals surface area contributed by atoms with Gasteiger partial charge in [-0.3, -0.25) is 9.59 Å². The third-order valence-corrected chi connectivity index (χ3v) is 4.42. The summed E-state index contributed by atoms with van der Waals surface area (Å²) in [5.41, 5.74) is 6.38. The van der Waals surface area contributed by atoms with Crippen LogP contribution in [0.3, 0.4) is 0 Å². The number of hydrogen-bond acceptors (Lipinski definition) is 4. The zero-order chi connectivity index (χ0) is 18.5. The molecule has 26 heavy (non-hydrogen) atoms. The Morgan fingerprint density at radius 3 is 2.77 bits per heavy atom. The second-order valence-electron chi connectivity index (χ2n) is 6.29.